The van der Waals surface area contributed by atoms with Gasteiger partial charge in [-0.15, -0.1) is 0 Å². The van der Waals surface area contributed by atoms with E-state index < -0.39 is 25.9 Å². The maximum Gasteiger partial charge on any atom is 0.356 e. The van der Waals surface area contributed by atoms with E-state index in [-0.39, 0.29) is 27.1 Å². The van der Waals surface area contributed by atoms with Gasteiger partial charge in [-0.3, -0.25) is 4.98 Å². The minimum Gasteiger partial charge on any atom is -0.455 e. The van der Waals surface area contributed by atoms with Crippen molar-refractivity contribution in [3.05, 3.63) is 46.2 Å². The summed E-state index contributed by atoms with van der Waals surface area (Å²) in [6, 6.07) is 5.72. The van der Waals surface area contributed by atoms with Crippen LogP contribution in [0.4, 0.5) is 8.78 Å². The monoisotopic (exact) mass is 414 g/mol. The fourth-order valence-electron chi connectivity index (χ4n) is 2.48. The number of hydrogen-bond donors (Lipinski definition) is 0. The zero-order valence-electron chi connectivity index (χ0n) is 12.1. The van der Waals surface area contributed by atoms with Crippen LogP contribution < -0.4 is 4.74 Å². The van der Waals surface area contributed by atoms with Gasteiger partial charge in [0, 0.05) is 12.3 Å². The summed E-state index contributed by atoms with van der Waals surface area (Å²) in [5.41, 5.74) is 0.245. The van der Waals surface area contributed by atoms with Crippen molar-refractivity contribution in [3.8, 4) is 17.6 Å². The molecule has 0 spiro atoms. The van der Waals surface area contributed by atoms with Gasteiger partial charge in [-0.05, 0) is 33.6 Å². The molecule has 0 bridgehead atoms. The Morgan fingerprint density at radius 3 is 2.75 bits per heavy atom. The number of pyridine rings is 1. The minimum absolute atomic E-state index is 0.0260. The molecular formula is C15H9BrF2N2O3S. The average Bonchev–Trinajstić information content (AvgIpc) is 2.68. The molecule has 0 radical (unpaired) electrons. The first-order chi connectivity index (χ1) is 11.2. The third-order valence-electron chi connectivity index (χ3n) is 3.76. The molecular weight excluding hydrogens is 406 g/mol. The first-order valence-electron chi connectivity index (χ1n) is 6.68. The van der Waals surface area contributed by atoms with Crippen LogP contribution in [0.15, 0.2) is 40.0 Å². The van der Waals surface area contributed by atoms with Crippen molar-refractivity contribution in [1.82, 2.24) is 4.98 Å². The molecule has 2 heterocycles. The second-order valence-corrected chi connectivity index (χ2v) is 7.98. The summed E-state index contributed by atoms with van der Waals surface area (Å²) in [5, 5.41) is 4.98. The summed E-state index contributed by atoms with van der Waals surface area (Å²) >= 11 is 3.16. The van der Waals surface area contributed by atoms with Gasteiger partial charge in [-0.1, -0.05) is 6.92 Å². The Morgan fingerprint density at radius 2 is 2.08 bits per heavy atom. The highest BCUT2D eigenvalue weighted by atomic mass is 79.9. The van der Waals surface area contributed by atoms with E-state index in [9.17, 15) is 17.2 Å². The number of halogens is 3. The molecule has 1 aliphatic heterocycles. The lowest BCUT2D eigenvalue weighted by Gasteiger charge is -2.14. The minimum atomic E-state index is -4.73. The average molecular weight is 415 g/mol. The topological polar surface area (TPSA) is 80.0 Å². The normalized spacial score (nSPS) is 20.2. The zero-order valence-corrected chi connectivity index (χ0v) is 14.5. The van der Waals surface area contributed by atoms with Gasteiger partial charge in [0.25, 0.3) is 0 Å². The number of alkyl halides is 2. The molecule has 0 saturated heterocycles. The van der Waals surface area contributed by atoms with Crippen molar-refractivity contribution in [2.45, 2.75) is 23.0 Å². The van der Waals surface area contributed by atoms with Gasteiger partial charge in [0.05, 0.1) is 27.0 Å². The molecule has 1 atom stereocenters. The molecule has 124 valence electrons. The van der Waals surface area contributed by atoms with E-state index in [0.29, 0.717) is 0 Å². The summed E-state index contributed by atoms with van der Waals surface area (Å²) in [6.07, 6.45) is 2.70. The Hall–Kier alpha value is -2.05. The van der Waals surface area contributed by atoms with Crippen LogP contribution in [0.1, 0.15) is 24.0 Å². The van der Waals surface area contributed by atoms with Crippen LogP contribution in [-0.2, 0) is 9.84 Å². The highest BCUT2D eigenvalue weighted by Crippen LogP contribution is 2.54. The number of nitrogens with zero attached hydrogens (tertiary/aromatic N) is 2. The highest BCUT2D eigenvalue weighted by molar-refractivity contribution is 9.10. The number of rotatable bonds is 2. The van der Waals surface area contributed by atoms with Crippen molar-refractivity contribution in [3.63, 3.8) is 0 Å². The number of aromatic nitrogens is 1. The van der Waals surface area contributed by atoms with E-state index in [4.69, 9.17) is 10.00 Å². The van der Waals surface area contributed by atoms with Gasteiger partial charge in [0.2, 0.25) is 9.84 Å². The van der Waals surface area contributed by atoms with Crippen molar-refractivity contribution in [2.24, 2.45) is 0 Å². The summed E-state index contributed by atoms with van der Waals surface area (Å²) in [5.74, 6) is -1.13. The van der Waals surface area contributed by atoms with Gasteiger partial charge >= 0.3 is 5.25 Å². The molecule has 9 heteroatoms. The zero-order chi connectivity index (χ0) is 17.7. The lowest BCUT2D eigenvalue weighted by atomic mass is 10.0. The van der Waals surface area contributed by atoms with E-state index in [1.807, 2.05) is 6.07 Å². The fourth-order valence-corrected chi connectivity index (χ4v) is 5.08. The van der Waals surface area contributed by atoms with E-state index in [1.165, 1.54) is 24.5 Å². The molecule has 0 N–H and O–H groups in total. The second kappa shape index (κ2) is 5.50. The number of benzene rings is 1. The summed E-state index contributed by atoms with van der Waals surface area (Å²) in [4.78, 5) is 3.42. The fraction of sp³-hybridized carbons (Fsp3) is 0.200. The molecule has 3 rings (SSSR count). The molecule has 0 amide bonds. The molecule has 0 saturated carbocycles. The van der Waals surface area contributed by atoms with Crippen LogP contribution in [0.5, 0.6) is 11.5 Å². The first-order valence-corrected chi connectivity index (χ1v) is 8.95. The summed E-state index contributed by atoms with van der Waals surface area (Å²) < 4.78 is 57.7. The smallest absolute Gasteiger partial charge is 0.356 e. The molecule has 5 nitrogen and oxygen atoms in total. The van der Waals surface area contributed by atoms with Crippen LogP contribution in [-0.4, -0.2) is 18.7 Å². The van der Waals surface area contributed by atoms with E-state index >= 15 is 0 Å². The van der Waals surface area contributed by atoms with E-state index in [0.717, 1.165) is 13.0 Å². The van der Waals surface area contributed by atoms with Crippen LogP contribution in [0, 0.1) is 11.3 Å². The molecule has 2 aromatic rings. The maximum atomic E-state index is 14.0. The maximum absolute atomic E-state index is 14.0. The van der Waals surface area contributed by atoms with Crippen LogP contribution in [0.2, 0.25) is 0 Å². The van der Waals surface area contributed by atoms with Gasteiger partial charge < -0.3 is 4.74 Å². The number of nitriles is 1. The van der Waals surface area contributed by atoms with E-state index in [1.54, 1.807) is 0 Å². The van der Waals surface area contributed by atoms with Crippen LogP contribution >= 0.6 is 15.9 Å². The summed E-state index contributed by atoms with van der Waals surface area (Å²) in [6.45, 7) is 1.15. The largest absolute Gasteiger partial charge is 0.455 e. The standard InChI is InChI=1S/C15H9BrF2N2O3S/c1-8-13-12(24(21,22)15(8,17)18)3-2-11(14(13)16)23-10-4-9(5-19)6-20-7-10/h2-4,6-8H,1H3/t8-/m1/s1. The van der Waals surface area contributed by atoms with Crippen molar-refractivity contribution in [2.75, 3.05) is 0 Å². The second-order valence-electron chi connectivity index (χ2n) is 5.20. The van der Waals surface area contributed by atoms with Crippen molar-refractivity contribution < 1.29 is 21.9 Å². The third kappa shape index (κ3) is 2.29. The quantitative estimate of drug-likeness (QED) is 0.741. The summed E-state index contributed by atoms with van der Waals surface area (Å²) in [7, 11) is -4.73. The van der Waals surface area contributed by atoms with Crippen molar-refractivity contribution in [1.29, 1.82) is 5.26 Å². The molecule has 24 heavy (non-hydrogen) atoms. The number of hydrogen-bond acceptors (Lipinski definition) is 5. The predicted octanol–water partition coefficient (Wildman–Crippen LogP) is 3.99. The molecule has 0 fully saturated rings. The Labute approximate surface area is 144 Å². The number of sulfone groups is 1. The highest BCUT2D eigenvalue weighted by Gasteiger charge is 2.59. The van der Waals surface area contributed by atoms with Gasteiger partial charge in [-0.2, -0.15) is 14.0 Å². The molecule has 0 aliphatic carbocycles. The van der Waals surface area contributed by atoms with Crippen molar-refractivity contribution >= 4 is 25.8 Å². The van der Waals surface area contributed by atoms with Gasteiger partial charge in [0.1, 0.15) is 17.6 Å². The third-order valence-corrected chi connectivity index (χ3v) is 6.58. The number of fused-ring (bicyclic) bond motifs is 1. The van der Waals surface area contributed by atoms with Crippen LogP contribution in [0.3, 0.4) is 0 Å². The van der Waals surface area contributed by atoms with Gasteiger partial charge in [0.15, 0.2) is 0 Å². The molecule has 0 unspecified atom stereocenters. The Bertz CT molecular complexity index is 987. The lowest BCUT2D eigenvalue weighted by Crippen LogP contribution is -2.27. The van der Waals surface area contributed by atoms with Crippen LogP contribution in [0.25, 0.3) is 0 Å². The Morgan fingerprint density at radius 1 is 1.38 bits per heavy atom. The Kier molecular flexibility index (Phi) is 3.85. The number of ether oxygens (including phenoxy) is 1. The Balaban J connectivity index is 2.09. The molecule has 1 aliphatic rings. The molecule has 1 aromatic heterocycles. The SMILES string of the molecule is C[C@@H]1c2c(ccc(Oc3cncc(C#N)c3)c2Br)S(=O)(=O)C1(F)F. The van der Waals surface area contributed by atoms with E-state index in [2.05, 4.69) is 20.9 Å². The first kappa shape index (κ1) is 16.8. The molecule has 1 aromatic carbocycles. The predicted molar refractivity (Wildman–Crippen MR) is 83.7 cm³/mol. The lowest BCUT2D eigenvalue weighted by molar-refractivity contribution is 0.0724. The van der Waals surface area contributed by atoms with Gasteiger partial charge in [-0.25, -0.2) is 8.42 Å².